The molecule has 1 aliphatic heterocycles. The minimum Gasteiger partial charge on any atom is -0.467 e. The molecule has 0 N–H and O–H groups in total. The van der Waals surface area contributed by atoms with E-state index in [-0.39, 0.29) is 12.2 Å². The summed E-state index contributed by atoms with van der Waals surface area (Å²) >= 11 is 0. The summed E-state index contributed by atoms with van der Waals surface area (Å²) in [7, 11) is 2.15. The smallest absolute Gasteiger partial charge is 0.188 e. The summed E-state index contributed by atoms with van der Waals surface area (Å²) in [6.07, 6.45) is 5.82. The van der Waals surface area contributed by atoms with Gasteiger partial charge < -0.3 is 9.47 Å². The first kappa shape index (κ1) is 22.8. The normalized spacial score (nSPS) is 15.4. The highest BCUT2D eigenvalue weighted by Crippen LogP contribution is 2.31. The van der Waals surface area contributed by atoms with Crippen molar-refractivity contribution in [1.29, 1.82) is 0 Å². The molecule has 4 nitrogen and oxygen atoms in total. The average Bonchev–Trinajstić information content (AvgIpc) is 2.72. The molecule has 0 bridgehead atoms. The fourth-order valence-electron chi connectivity index (χ4n) is 3.61. The maximum Gasteiger partial charge on any atom is 0.188 e. The molecule has 162 valence electrons. The van der Waals surface area contributed by atoms with E-state index in [0.29, 0.717) is 8.58 Å². The van der Waals surface area contributed by atoms with Crippen molar-refractivity contribution in [2.24, 2.45) is 5.10 Å². The molecule has 2 aromatic carbocycles. The summed E-state index contributed by atoms with van der Waals surface area (Å²) in [5.74, 6) is 0.936. The van der Waals surface area contributed by atoms with Crippen molar-refractivity contribution in [2.45, 2.75) is 52.4 Å². The first-order valence-corrected chi connectivity index (χ1v) is 11.8. The lowest BCUT2D eigenvalue weighted by atomic mass is 9.86. The van der Waals surface area contributed by atoms with E-state index in [9.17, 15) is 0 Å². The molecule has 0 aliphatic carbocycles. The van der Waals surface area contributed by atoms with Crippen LogP contribution >= 0.6 is 8.58 Å². The largest absolute Gasteiger partial charge is 0.467 e. The molecule has 30 heavy (non-hydrogen) atoms. The Hall–Kier alpha value is -1.90. The van der Waals surface area contributed by atoms with Gasteiger partial charge in [0.25, 0.3) is 0 Å². The lowest BCUT2D eigenvalue weighted by Gasteiger charge is -2.24. The molecular formula is C25H35N2O2P. The summed E-state index contributed by atoms with van der Waals surface area (Å²) < 4.78 is 11.2. The average molecular weight is 427 g/mol. The number of ether oxygens (including phenoxy) is 2. The Morgan fingerprint density at radius 3 is 2.50 bits per heavy atom. The fourth-order valence-corrected chi connectivity index (χ4v) is 4.99. The van der Waals surface area contributed by atoms with E-state index in [1.165, 1.54) is 41.0 Å². The molecule has 0 saturated carbocycles. The van der Waals surface area contributed by atoms with Gasteiger partial charge in [0, 0.05) is 31.1 Å². The van der Waals surface area contributed by atoms with Crippen LogP contribution in [-0.2, 0) is 10.2 Å². The van der Waals surface area contributed by atoms with E-state index in [4.69, 9.17) is 14.6 Å². The fraction of sp³-hybridized carbons (Fsp3) is 0.480. The van der Waals surface area contributed by atoms with Crippen LogP contribution in [-0.4, -0.2) is 38.2 Å². The number of rotatable bonds is 7. The van der Waals surface area contributed by atoms with Gasteiger partial charge in [-0.15, -0.1) is 0 Å². The number of nitrogens with zero attached hydrogens (tertiary/aromatic N) is 2. The number of piperidine rings is 1. The molecule has 3 rings (SSSR count). The van der Waals surface area contributed by atoms with Gasteiger partial charge in [-0.2, -0.15) is 5.10 Å². The molecule has 5 heteroatoms. The summed E-state index contributed by atoms with van der Waals surface area (Å²) in [6, 6.07) is 13.1. The van der Waals surface area contributed by atoms with Gasteiger partial charge in [0.15, 0.2) is 6.79 Å². The monoisotopic (exact) mass is 426 g/mol. The van der Waals surface area contributed by atoms with Gasteiger partial charge in [-0.05, 0) is 54.1 Å². The molecule has 0 radical (unpaired) electrons. The van der Waals surface area contributed by atoms with E-state index in [2.05, 4.69) is 69.1 Å². The molecule has 0 aromatic heterocycles. The van der Waals surface area contributed by atoms with Gasteiger partial charge in [-0.3, -0.25) is 5.01 Å². The number of methoxy groups -OCH3 is 1. The predicted molar refractivity (Wildman–Crippen MR) is 129 cm³/mol. The van der Waals surface area contributed by atoms with Gasteiger partial charge in [-0.25, -0.2) is 0 Å². The molecule has 0 amide bonds. The standard InChI is InChI=1S/C25H35N2O2P/c1-19-15-21(25(2,3)4)16-23(24(19)29-18-28-5)30-22-12-8-7-11-20(22)17-26-27-13-9-6-10-14-27/h7-8,11-12,15-17,30H,6,9-10,13-14,18H2,1-5H3/b26-17+. The molecule has 1 aliphatic rings. The van der Waals surface area contributed by atoms with Crippen molar-refractivity contribution in [3.05, 3.63) is 53.1 Å². The zero-order valence-electron chi connectivity index (χ0n) is 19.0. The Labute approximate surface area is 183 Å². The van der Waals surface area contributed by atoms with Crippen LogP contribution in [0.4, 0.5) is 0 Å². The second kappa shape index (κ2) is 10.4. The molecule has 1 atom stereocenters. The van der Waals surface area contributed by atoms with Gasteiger partial charge in [0.2, 0.25) is 0 Å². The van der Waals surface area contributed by atoms with Crippen LogP contribution in [0.25, 0.3) is 0 Å². The number of aryl methyl sites for hydroxylation is 1. The molecule has 1 unspecified atom stereocenters. The number of hydrazone groups is 1. The predicted octanol–water partition coefficient (Wildman–Crippen LogP) is 4.72. The Kier molecular flexibility index (Phi) is 7.91. The summed E-state index contributed by atoms with van der Waals surface area (Å²) in [6.45, 7) is 11.3. The Morgan fingerprint density at radius 1 is 1.07 bits per heavy atom. The van der Waals surface area contributed by atoms with Crippen LogP contribution in [0.15, 0.2) is 41.5 Å². The lowest BCUT2D eigenvalue weighted by Crippen LogP contribution is -2.25. The third kappa shape index (κ3) is 6.06. The van der Waals surface area contributed by atoms with Crippen LogP contribution in [0.3, 0.4) is 0 Å². The van der Waals surface area contributed by atoms with E-state index in [0.717, 1.165) is 24.4 Å². The lowest BCUT2D eigenvalue weighted by molar-refractivity contribution is 0.0514. The van der Waals surface area contributed by atoms with Crippen molar-refractivity contribution in [3.63, 3.8) is 0 Å². The topological polar surface area (TPSA) is 34.1 Å². The highest BCUT2D eigenvalue weighted by molar-refractivity contribution is 7.56. The van der Waals surface area contributed by atoms with Crippen LogP contribution in [0, 0.1) is 6.92 Å². The van der Waals surface area contributed by atoms with Crippen molar-refractivity contribution >= 4 is 25.4 Å². The van der Waals surface area contributed by atoms with E-state index >= 15 is 0 Å². The molecule has 1 fully saturated rings. The zero-order chi connectivity index (χ0) is 21.6. The molecule has 2 aromatic rings. The van der Waals surface area contributed by atoms with Crippen molar-refractivity contribution in [1.82, 2.24) is 5.01 Å². The van der Waals surface area contributed by atoms with Crippen molar-refractivity contribution in [3.8, 4) is 5.75 Å². The van der Waals surface area contributed by atoms with E-state index in [1.807, 2.05) is 6.21 Å². The van der Waals surface area contributed by atoms with Crippen molar-refractivity contribution < 1.29 is 9.47 Å². The van der Waals surface area contributed by atoms with Crippen LogP contribution in [0.2, 0.25) is 0 Å². The molecular weight excluding hydrogens is 391 g/mol. The highest BCUT2D eigenvalue weighted by atomic mass is 31.1. The summed E-state index contributed by atoms with van der Waals surface area (Å²) in [5, 5.41) is 9.46. The van der Waals surface area contributed by atoms with Gasteiger partial charge in [0.05, 0.1) is 6.21 Å². The second-order valence-electron chi connectivity index (χ2n) is 8.94. The van der Waals surface area contributed by atoms with E-state index in [1.54, 1.807) is 7.11 Å². The number of hydrogen-bond acceptors (Lipinski definition) is 4. The van der Waals surface area contributed by atoms with Gasteiger partial charge >= 0.3 is 0 Å². The maximum atomic E-state index is 5.99. The van der Waals surface area contributed by atoms with Crippen LogP contribution in [0.5, 0.6) is 5.75 Å². The SMILES string of the molecule is COCOc1c(C)cc(C(C)(C)C)cc1Pc1ccccc1/C=N/N1CCCCC1. The molecule has 1 heterocycles. The number of hydrogen-bond donors (Lipinski definition) is 0. The minimum atomic E-state index is 0.0824. The van der Waals surface area contributed by atoms with Gasteiger partial charge in [-0.1, -0.05) is 59.7 Å². The van der Waals surface area contributed by atoms with Crippen molar-refractivity contribution in [2.75, 3.05) is 27.0 Å². The van der Waals surface area contributed by atoms with E-state index < -0.39 is 0 Å². The third-order valence-corrected chi connectivity index (χ3v) is 6.75. The Balaban J connectivity index is 1.93. The molecule has 0 spiro atoms. The zero-order valence-corrected chi connectivity index (χ0v) is 20.0. The molecule has 1 saturated heterocycles. The van der Waals surface area contributed by atoms with Crippen LogP contribution in [0.1, 0.15) is 56.7 Å². The van der Waals surface area contributed by atoms with Gasteiger partial charge in [0.1, 0.15) is 5.75 Å². The third-order valence-electron chi connectivity index (χ3n) is 5.38. The first-order valence-electron chi connectivity index (χ1n) is 10.8. The summed E-state index contributed by atoms with van der Waals surface area (Å²) in [4.78, 5) is 0. The summed E-state index contributed by atoms with van der Waals surface area (Å²) in [5.41, 5.74) is 3.74. The second-order valence-corrected chi connectivity index (χ2v) is 10.3. The Morgan fingerprint density at radius 2 is 1.80 bits per heavy atom. The van der Waals surface area contributed by atoms with Crippen LogP contribution < -0.4 is 15.3 Å². The Bertz CT molecular complexity index is 868. The highest BCUT2D eigenvalue weighted by Gasteiger charge is 2.19. The first-order chi connectivity index (χ1) is 14.4. The minimum absolute atomic E-state index is 0.0824. The number of benzene rings is 2. The maximum absolute atomic E-state index is 5.99. The quantitative estimate of drug-likeness (QED) is 0.365.